The minimum atomic E-state index is -0.0584. The highest BCUT2D eigenvalue weighted by Crippen LogP contribution is 2.33. The first-order valence-corrected chi connectivity index (χ1v) is 8.08. The Balaban J connectivity index is 1.70. The zero-order chi connectivity index (χ0) is 18.9. The van der Waals surface area contributed by atoms with Crippen molar-refractivity contribution in [2.24, 2.45) is 15.1 Å². The van der Waals surface area contributed by atoms with Gasteiger partial charge < -0.3 is 19.9 Å². The maximum absolute atomic E-state index is 9.47. The van der Waals surface area contributed by atoms with Crippen molar-refractivity contribution in [2.45, 2.75) is 0 Å². The number of amidine groups is 1. The minimum absolute atomic E-state index is 0.0214. The summed E-state index contributed by atoms with van der Waals surface area (Å²) >= 11 is 0. The number of methoxy groups -OCH3 is 2. The number of rotatable bonds is 4. The minimum Gasteiger partial charge on any atom is -0.493 e. The van der Waals surface area contributed by atoms with Gasteiger partial charge in [-0.1, -0.05) is 4.59 Å². The van der Waals surface area contributed by atoms with E-state index in [1.165, 1.54) is 6.07 Å². The summed E-state index contributed by atoms with van der Waals surface area (Å²) in [6, 6.07) is 8.69. The normalized spacial score (nSPS) is 19.9. The molecule has 2 aromatic rings. The lowest BCUT2D eigenvalue weighted by atomic mass is 10.3. The number of nitrogens with zero attached hydrogens (tertiary/aromatic N) is 5. The van der Waals surface area contributed by atoms with Crippen LogP contribution < -0.4 is 19.4 Å². The first-order valence-electron chi connectivity index (χ1n) is 8.08. The fourth-order valence-corrected chi connectivity index (χ4v) is 2.83. The van der Waals surface area contributed by atoms with Gasteiger partial charge in [0, 0.05) is 23.9 Å². The molecule has 1 atom stereocenters. The molecular weight excluding hydrogens is 348 g/mol. The van der Waals surface area contributed by atoms with Gasteiger partial charge >= 0.3 is 0 Å². The van der Waals surface area contributed by atoms with Gasteiger partial charge in [0.15, 0.2) is 23.4 Å². The van der Waals surface area contributed by atoms with Crippen molar-refractivity contribution >= 4 is 29.4 Å². The maximum atomic E-state index is 9.47. The smallest absolute Gasteiger partial charge is 0.287 e. The summed E-state index contributed by atoms with van der Waals surface area (Å²) in [6.07, 6.45) is 6.63. The van der Waals surface area contributed by atoms with Crippen molar-refractivity contribution in [1.29, 1.82) is 0 Å². The number of aliphatic imine (C=N–C) groups is 2. The van der Waals surface area contributed by atoms with Crippen LogP contribution in [0.4, 0.5) is 11.4 Å². The molecule has 4 rings (SSSR count). The van der Waals surface area contributed by atoms with Crippen LogP contribution in [0.1, 0.15) is 0 Å². The van der Waals surface area contributed by atoms with Crippen molar-refractivity contribution in [3.05, 3.63) is 48.9 Å². The lowest BCUT2D eigenvalue weighted by Gasteiger charge is -2.23. The van der Waals surface area contributed by atoms with Crippen molar-refractivity contribution in [3.8, 4) is 17.4 Å². The van der Waals surface area contributed by atoms with E-state index in [4.69, 9.17) is 14.6 Å². The number of benzene rings is 1. The van der Waals surface area contributed by atoms with Crippen LogP contribution in [0.3, 0.4) is 0 Å². The third-order valence-electron chi connectivity index (χ3n) is 4.15. The Kier molecular flexibility index (Phi) is 4.05. The van der Waals surface area contributed by atoms with Gasteiger partial charge in [-0.3, -0.25) is 4.99 Å². The summed E-state index contributed by atoms with van der Waals surface area (Å²) in [4.78, 5) is 12.6. The van der Waals surface area contributed by atoms with E-state index in [2.05, 4.69) is 20.3 Å². The molecule has 0 bridgehead atoms. The predicted molar refractivity (Wildman–Crippen MR) is 103 cm³/mol. The van der Waals surface area contributed by atoms with Gasteiger partial charge in [0.1, 0.15) is 6.21 Å². The lowest BCUT2D eigenvalue weighted by molar-refractivity contribution is 0.355. The van der Waals surface area contributed by atoms with Crippen LogP contribution in [0.15, 0.2) is 64.0 Å². The van der Waals surface area contributed by atoms with Crippen LogP contribution in [0.25, 0.3) is 0 Å². The van der Waals surface area contributed by atoms with Crippen LogP contribution in [0, 0.1) is 0 Å². The molecule has 0 spiro atoms. The standard InChI is InChI=1S/C18H16N6O3/c1-26-14-5-3-12(9-15(14)27-2)21-18-22-16-11-19-7-8-24(16,23-18)13-4-6-17(25)20-10-13/h3-11H,1-2H3,(H-,20,21,23,25)/p+1. The number of quaternary nitrogens is 1. The molecule has 1 unspecified atom stereocenters. The number of guanidine groups is 1. The van der Waals surface area contributed by atoms with Gasteiger partial charge in [0.25, 0.3) is 11.8 Å². The molecule has 3 heterocycles. The molecule has 27 heavy (non-hydrogen) atoms. The summed E-state index contributed by atoms with van der Waals surface area (Å²) in [5, 5.41) is 17.3. The Hall–Kier alpha value is -3.72. The van der Waals surface area contributed by atoms with Crippen molar-refractivity contribution in [2.75, 3.05) is 19.5 Å². The maximum Gasteiger partial charge on any atom is 0.287 e. The van der Waals surface area contributed by atoms with Gasteiger partial charge in [0.05, 0.1) is 26.6 Å². The van der Waals surface area contributed by atoms with Crippen molar-refractivity contribution in [1.82, 2.24) is 9.58 Å². The van der Waals surface area contributed by atoms with E-state index in [0.29, 0.717) is 23.3 Å². The number of ether oxygens (including phenoxy) is 2. The van der Waals surface area contributed by atoms with Crippen LogP contribution >= 0.6 is 0 Å². The molecule has 0 amide bonds. The van der Waals surface area contributed by atoms with Gasteiger partial charge in [-0.25, -0.2) is 4.98 Å². The molecule has 9 nitrogen and oxygen atoms in total. The van der Waals surface area contributed by atoms with Gasteiger partial charge in [-0.2, -0.15) is 4.99 Å². The van der Waals surface area contributed by atoms with E-state index < -0.39 is 0 Å². The number of nitrogens with one attached hydrogen (secondary N) is 1. The third-order valence-corrected chi connectivity index (χ3v) is 4.15. The van der Waals surface area contributed by atoms with Gasteiger partial charge in [0.2, 0.25) is 5.88 Å². The Morgan fingerprint density at radius 3 is 2.67 bits per heavy atom. The second-order valence-corrected chi connectivity index (χ2v) is 5.72. The summed E-state index contributed by atoms with van der Waals surface area (Å²) < 4.78 is 10.6. The molecule has 9 heteroatoms. The summed E-state index contributed by atoms with van der Waals surface area (Å²) in [6.45, 7) is 0. The molecule has 2 N–H and O–H groups in total. The van der Waals surface area contributed by atoms with E-state index in [0.717, 1.165) is 11.4 Å². The molecule has 2 aliphatic rings. The number of hydrogen-bond donors (Lipinski definition) is 2. The Morgan fingerprint density at radius 1 is 1.07 bits per heavy atom. The number of pyridine rings is 1. The molecule has 0 saturated carbocycles. The summed E-state index contributed by atoms with van der Waals surface area (Å²) in [5.41, 5.74) is 1.47. The Morgan fingerprint density at radius 2 is 1.93 bits per heavy atom. The van der Waals surface area contributed by atoms with E-state index in [-0.39, 0.29) is 10.5 Å². The fourth-order valence-electron chi connectivity index (χ4n) is 2.83. The number of fused-ring (bicyclic) bond motifs is 1. The second-order valence-electron chi connectivity index (χ2n) is 5.72. The lowest BCUT2D eigenvalue weighted by Crippen LogP contribution is -2.44. The highest BCUT2D eigenvalue weighted by molar-refractivity contribution is 6.38. The molecular formula is C18H17N6O3+. The second kappa shape index (κ2) is 6.54. The zero-order valence-corrected chi connectivity index (χ0v) is 14.7. The fraction of sp³-hybridized carbons (Fsp3) is 0.111. The quantitative estimate of drug-likeness (QED) is 0.811. The predicted octanol–water partition coefficient (Wildman–Crippen LogP) is 2.46. The monoisotopic (exact) mass is 365 g/mol. The largest absolute Gasteiger partial charge is 0.493 e. The molecule has 136 valence electrons. The van der Waals surface area contributed by atoms with E-state index in [9.17, 15) is 5.11 Å². The number of aromatic nitrogens is 1. The van der Waals surface area contributed by atoms with Gasteiger partial charge in [-0.15, -0.1) is 0 Å². The van der Waals surface area contributed by atoms with Crippen molar-refractivity contribution < 1.29 is 14.6 Å². The van der Waals surface area contributed by atoms with Gasteiger partial charge in [-0.05, 0) is 17.2 Å². The topological polar surface area (TPSA) is 101 Å². The van der Waals surface area contributed by atoms with E-state index in [1.54, 1.807) is 57.2 Å². The molecule has 0 fully saturated rings. The number of hydrogen-bond acceptors (Lipinski definition) is 8. The average molecular weight is 365 g/mol. The molecule has 0 aliphatic carbocycles. The first kappa shape index (κ1) is 16.7. The van der Waals surface area contributed by atoms with E-state index in [1.807, 2.05) is 6.07 Å². The number of anilines is 1. The average Bonchev–Trinajstić information content (AvgIpc) is 3.07. The molecule has 1 aromatic carbocycles. The summed E-state index contributed by atoms with van der Waals surface area (Å²) in [7, 11) is 3.16. The number of aromatic hydroxyl groups is 1. The Labute approximate surface area is 155 Å². The SMILES string of the molecule is COc1ccc(NC2=N[N+]3(c4ccc(O)nc4)C=CN=CC3=N2)cc1OC. The highest BCUT2D eigenvalue weighted by atomic mass is 16.5. The van der Waals surface area contributed by atoms with Crippen LogP contribution in [0.5, 0.6) is 17.4 Å². The van der Waals surface area contributed by atoms with Crippen LogP contribution in [0.2, 0.25) is 0 Å². The Bertz CT molecular complexity index is 997. The third kappa shape index (κ3) is 2.89. The molecule has 2 aliphatic heterocycles. The van der Waals surface area contributed by atoms with E-state index >= 15 is 0 Å². The molecule has 1 aromatic heterocycles. The molecule has 0 saturated heterocycles. The van der Waals surface area contributed by atoms with Crippen LogP contribution in [-0.2, 0) is 0 Å². The zero-order valence-electron chi connectivity index (χ0n) is 14.7. The van der Waals surface area contributed by atoms with Crippen molar-refractivity contribution in [3.63, 3.8) is 0 Å². The molecule has 0 radical (unpaired) electrons. The first-order chi connectivity index (χ1) is 13.1. The van der Waals surface area contributed by atoms with Crippen LogP contribution in [-0.4, -0.2) is 42.3 Å². The highest BCUT2D eigenvalue weighted by Gasteiger charge is 2.43. The summed E-state index contributed by atoms with van der Waals surface area (Å²) in [5.74, 6) is 2.18.